The molecule has 1 amide bonds. The molecule has 0 spiro atoms. The van der Waals surface area contributed by atoms with Gasteiger partial charge in [-0.05, 0) is 34.6 Å². The second kappa shape index (κ2) is 8.65. The number of benzene rings is 2. The molecule has 34 heavy (non-hydrogen) atoms. The van der Waals surface area contributed by atoms with E-state index in [-0.39, 0.29) is 29.9 Å². The van der Waals surface area contributed by atoms with Gasteiger partial charge in [-0.2, -0.15) is 4.39 Å². The number of hydrogen-bond acceptors (Lipinski definition) is 6. The zero-order valence-corrected chi connectivity index (χ0v) is 20.0. The van der Waals surface area contributed by atoms with E-state index in [1.165, 1.54) is 11.0 Å². The van der Waals surface area contributed by atoms with Crippen molar-refractivity contribution in [2.45, 2.75) is 51.3 Å². The van der Waals surface area contributed by atoms with Gasteiger partial charge in [-0.3, -0.25) is 15.0 Å². The lowest BCUT2D eigenvalue weighted by Crippen LogP contribution is -2.51. The largest absolute Gasteiger partial charge is 0.444 e. The fourth-order valence-corrected chi connectivity index (χ4v) is 6.72. The lowest BCUT2D eigenvalue weighted by molar-refractivity contribution is -0.387. The first kappa shape index (κ1) is 24.1. The van der Waals surface area contributed by atoms with Gasteiger partial charge in [0.15, 0.2) is 9.84 Å². The van der Waals surface area contributed by atoms with Gasteiger partial charge >= 0.3 is 11.8 Å². The van der Waals surface area contributed by atoms with Crippen molar-refractivity contribution in [3.63, 3.8) is 0 Å². The van der Waals surface area contributed by atoms with E-state index < -0.39 is 50.4 Å². The van der Waals surface area contributed by atoms with Crippen LogP contribution < -0.4 is 0 Å². The third-order valence-corrected chi connectivity index (χ3v) is 8.25. The summed E-state index contributed by atoms with van der Waals surface area (Å²) < 4.78 is 45.2. The number of nitro benzene ring substituents is 1. The van der Waals surface area contributed by atoms with Crippen molar-refractivity contribution in [1.82, 2.24) is 4.90 Å². The van der Waals surface area contributed by atoms with Crippen molar-refractivity contribution < 1.29 is 27.3 Å². The molecular formula is C24H27FN2O6S. The molecule has 0 unspecified atom stereocenters. The molecule has 0 saturated carbocycles. The van der Waals surface area contributed by atoms with E-state index in [9.17, 15) is 27.7 Å². The second-order valence-electron chi connectivity index (χ2n) is 10.1. The van der Waals surface area contributed by atoms with E-state index in [0.717, 1.165) is 23.3 Å². The predicted octanol–water partition coefficient (Wildman–Crippen LogP) is 4.01. The van der Waals surface area contributed by atoms with Crippen molar-refractivity contribution >= 4 is 21.6 Å². The fraction of sp³-hybridized carbons (Fsp3) is 0.458. The molecule has 0 aromatic heterocycles. The minimum atomic E-state index is -3.49. The summed E-state index contributed by atoms with van der Waals surface area (Å²) in [5.74, 6) is -1.97. The van der Waals surface area contributed by atoms with Gasteiger partial charge in [0.2, 0.25) is 5.82 Å². The van der Waals surface area contributed by atoms with E-state index in [4.69, 9.17) is 4.74 Å². The van der Waals surface area contributed by atoms with E-state index >= 15 is 0 Å². The summed E-state index contributed by atoms with van der Waals surface area (Å²) in [5, 5.41) is 10.9. The lowest BCUT2D eigenvalue weighted by atomic mass is 9.86. The predicted molar refractivity (Wildman–Crippen MR) is 124 cm³/mol. The van der Waals surface area contributed by atoms with Gasteiger partial charge in [0.05, 0.1) is 22.5 Å². The van der Waals surface area contributed by atoms with Crippen molar-refractivity contribution in [3.8, 4) is 0 Å². The zero-order valence-electron chi connectivity index (χ0n) is 19.2. The number of fused-ring (bicyclic) bond motifs is 1. The highest BCUT2D eigenvalue weighted by atomic mass is 32.2. The first-order valence-electron chi connectivity index (χ1n) is 11.0. The molecule has 2 saturated heterocycles. The summed E-state index contributed by atoms with van der Waals surface area (Å²) in [6, 6.07) is 10.7. The van der Waals surface area contributed by atoms with E-state index in [2.05, 4.69) is 20.8 Å². The fourth-order valence-electron chi connectivity index (χ4n) is 4.74. The Bertz CT molecular complexity index is 1240. The Labute approximate surface area is 197 Å². The smallest absolute Gasteiger partial charge is 0.410 e. The Kier molecular flexibility index (Phi) is 6.14. The van der Waals surface area contributed by atoms with E-state index in [0.29, 0.717) is 5.56 Å². The van der Waals surface area contributed by atoms with Crippen LogP contribution in [0.1, 0.15) is 37.5 Å². The molecule has 2 aliphatic rings. The van der Waals surface area contributed by atoms with Crippen LogP contribution in [-0.2, 0) is 33.0 Å². The number of ether oxygens (including phenoxy) is 1. The second-order valence-corrected chi connectivity index (χ2v) is 12.2. The number of carbonyl (C=O) groups excluding carboxylic acids is 1. The molecule has 0 N–H and O–H groups in total. The highest BCUT2D eigenvalue weighted by Gasteiger charge is 2.51. The lowest BCUT2D eigenvalue weighted by Gasteiger charge is -2.34. The summed E-state index contributed by atoms with van der Waals surface area (Å²) in [6.07, 6.45) is -1.12. The molecule has 0 bridgehead atoms. The molecule has 0 radical (unpaired) electrons. The molecule has 182 valence electrons. The van der Waals surface area contributed by atoms with Crippen molar-refractivity contribution in [1.29, 1.82) is 0 Å². The maximum absolute atomic E-state index is 14.1. The molecule has 2 fully saturated rings. The Morgan fingerprint density at radius 3 is 2.53 bits per heavy atom. The molecule has 2 heterocycles. The molecular weight excluding hydrogens is 463 g/mol. The monoisotopic (exact) mass is 490 g/mol. The van der Waals surface area contributed by atoms with Gasteiger partial charge in [-0.1, -0.05) is 51.1 Å². The average molecular weight is 491 g/mol. The topological polar surface area (TPSA) is 107 Å². The first-order chi connectivity index (χ1) is 15.8. The van der Waals surface area contributed by atoms with Crippen molar-refractivity contribution in [3.05, 3.63) is 75.1 Å². The summed E-state index contributed by atoms with van der Waals surface area (Å²) in [6.45, 7) is 6.49. The molecule has 0 aliphatic carbocycles. The van der Waals surface area contributed by atoms with Crippen LogP contribution in [0.5, 0.6) is 0 Å². The summed E-state index contributed by atoms with van der Waals surface area (Å²) in [7, 11) is -3.49. The third-order valence-electron chi connectivity index (χ3n) is 6.46. The minimum absolute atomic E-state index is 0.0800. The number of nitrogens with zero attached hydrogens (tertiary/aromatic N) is 2. The number of halogens is 1. The molecule has 10 heteroatoms. The highest BCUT2D eigenvalue weighted by Crippen LogP contribution is 2.35. The number of rotatable bonds is 5. The molecule has 2 aliphatic heterocycles. The van der Waals surface area contributed by atoms with Crippen molar-refractivity contribution in [2.24, 2.45) is 5.92 Å². The van der Waals surface area contributed by atoms with Crippen LogP contribution in [0.2, 0.25) is 0 Å². The van der Waals surface area contributed by atoms with Gasteiger partial charge in [0.25, 0.3) is 0 Å². The third kappa shape index (κ3) is 4.91. The summed E-state index contributed by atoms with van der Waals surface area (Å²) in [5.41, 5.74) is 1.67. The molecule has 2 aromatic carbocycles. The number of carbonyl (C=O) groups is 1. The Hall–Kier alpha value is -3.01. The number of nitro groups is 1. The first-order valence-corrected chi connectivity index (χ1v) is 12.9. The average Bonchev–Trinajstić information content (AvgIpc) is 3.02. The van der Waals surface area contributed by atoms with Crippen LogP contribution in [0.25, 0.3) is 0 Å². The Morgan fingerprint density at radius 2 is 1.88 bits per heavy atom. The van der Waals surface area contributed by atoms with Gasteiger partial charge in [-0.25, -0.2) is 13.2 Å². The maximum Gasteiger partial charge on any atom is 0.410 e. The molecule has 3 atom stereocenters. The van der Waals surface area contributed by atoms with Gasteiger partial charge in [0, 0.05) is 18.5 Å². The van der Waals surface area contributed by atoms with Crippen LogP contribution in [0.15, 0.2) is 42.5 Å². The number of hydrogen-bond donors (Lipinski definition) is 0. The van der Waals surface area contributed by atoms with E-state index in [1.807, 2.05) is 24.3 Å². The van der Waals surface area contributed by atoms with Crippen LogP contribution in [0, 0.1) is 21.8 Å². The van der Waals surface area contributed by atoms with Crippen molar-refractivity contribution in [2.75, 3.05) is 11.5 Å². The quantitative estimate of drug-likeness (QED) is 0.463. The van der Waals surface area contributed by atoms with Crippen LogP contribution in [0.4, 0.5) is 14.9 Å². The van der Waals surface area contributed by atoms with Crippen LogP contribution in [-0.4, -0.2) is 48.0 Å². The van der Waals surface area contributed by atoms with Gasteiger partial charge < -0.3 is 4.74 Å². The Balaban J connectivity index is 1.58. The highest BCUT2D eigenvalue weighted by molar-refractivity contribution is 7.91. The zero-order chi connectivity index (χ0) is 24.8. The summed E-state index contributed by atoms with van der Waals surface area (Å²) >= 11 is 0. The number of sulfone groups is 1. The molecule has 4 rings (SSSR count). The standard InChI is InChI=1S/C24H27FN2O6S/c1-24(2,3)18-6-4-5-16(10-18)12-26-21-14-34(31,32)13-17(22(21)33-23(26)28)9-15-7-8-20(27(29)30)19(25)11-15/h4-8,10-11,17,21-22H,9,12-14H2,1-3H3/t17-,21+,22+/m1/s1. The Morgan fingerprint density at radius 1 is 1.15 bits per heavy atom. The van der Waals surface area contributed by atoms with Crippen LogP contribution in [0.3, 0.4) is 0 Å². The molecule has 2 aromatic rings. The SMILES string of the molecule is CC(C)(C)c1cccc(CN2C(=O)O[C@H]3[C@H](Cc4ccc([N+](=O)[O-])c(F)c4)CS(=O)(=O)C[C@@H]32)c1. The maximum atomic E-state index is 14.1. The normalized spacial score (nSPS) is 23.9. The molecule has 8 nitrogen and oxygen atoms in total. The summed E-state index contributed by atoms with van der Waals surface area (Å²) in [4.78, 5) is 24.3. The van der Waals surface area contributed by atoms with Gasteiger partial charge in [-0.15, -0.1) is 0 Å². The van der Waals surface area contributed by atoms with E-state index in [1.54, 1.807) is 0 Å². The van der Waals surface area contributed by atoms with Gasteiger partial charge in [0.1, 0.15) is 6.10 Å². The van der Waals surface area contributed by atoms with Crippen LogP contribution >= 0.6 is 0 Å². The number of amides is 1. The minimum Gasteiger partial charge on any atom is -0.444 e.